The summed E-state index contributed by atoms with van der Waals surface area (Å²) in [6.07, 6.45) is 2.25. The first kappa shape index (κ1) is 14.6. The standard InChI is InChI=1S/C13H17F2N3O2/c1-9(17-6-2-3-7-17)8-16-13-11(18(19)20)5-4-10(14)12(13)15/h4-5,9,16H,2-3,6-8H2,1H3. The van der Waals surface area contributed by atoms with Crippen molar-refractivity contribution in [1.82, 2.24) is 4.90 Å². The zero-order valence-corrected chi connectivity index (χ0v) is 11.2. The lowest BCUT2D eigenvalue weighted by Crippen LogP contribution is -2.35. The molecule has 0 amide bonds. The Balaban J connectivity index is 2.11. The predicted octanol–water partition coefficient (Wildman–Crippen LogP) is 2.77. The fourth-order valence-electron chi connectivity index (χ4n) is 2.42. The Hall–Kier alpha value is -1.76. The summed E-state index contributed by atoms with van der Waals surface area (Å²) in [4.78, 5) is 12.4. The van der Waals surface area contributed by atoms with Crippen LogP contribution >= 0.6 is 0 Å². The van der Waals surface area contributed by atoms with Gasteiger partial charge in [0.25, 0.3) is 5.69 Å². The van der Waals surface area contributed by atoms with Crippen molar-refractivity contribution in [2.45, 2.75) is 25.8 Å². The van der Waals surface area contributed by atoms with Gasteiger partial charge in [0.1, 0.15) is 0 Å². The number of nitrogens with zero attached hydrogens (tertiary/aromatic N) is 2. The van der Waals surface area contributed by atoms with Crippen molar-refractivity contribution < 1.29 is 13.7 Å². The van der Waals surface area contributed by atoms with Gasteiger partial charge in [-0.3, -0.25) is 15.0 Å². The van der Waals surface area contributed by atoms with Crippen LogP contribution < -0.4 is 5.32 Å². The van der Waals surface area contributed by atoms with Crippen molar-refractivity contribution in [3.63, 3.8) is 0 Å². The maximum absolute atomic E-state index is 13.7. The molecular formula is C13H17F2N3O2. The average Bonchev–Trinajstić information content (AvgIpc) is 2.93. The minimum absolute atomic E-state index is 0.111. The van der Waals surface area contributed by atoms with Gasteiger partial charge < -0.3 is 5.32 Å². The van der Waals surface area contributed by atoms with Crippen molar-refractivity contribution >= 4 is 11.4 Å². The summed E-state index contributed by atoms with van der Waals surface area (Å²) in [6, 6.07) is 1.85. The summed E-state index contributed by atoms with van der Waals surface area (Å²) in [5.74, 6) is -2.29. The van der Waals surface area contributed by atoms with E-state index in [0.29, 0.717) is 6.54 Å². The minimum Gasteiger partial charge on any atom is -0.375 e. The van der Waals surface area contributed by atoms with Gasteiger partial charge in [0.05, 0.1) is 4.92 Å². The first-order chi connectivity index (χ1) is 9.50. The molecule has 1 aliphatic heterocycles. The summed E-state index contributed by atoms with van der Waals surface area (Å²) in [5, 5.41) is 13.5. The third-order valence-electron chi connectivity index (χ3n) is 3.61. The highest BCUT2D eigenvalue weighted by Crippen LogP contribution is 2.29. The van der Waals surface area contributed by atoms with E-state index in [1.807, 2.05) is 6.92 Å². The molecule has 1 unspecified atom stereocenters. The van der Waals surface area contributed by atoms with Gasteiger partial charge in [-0.15, -0.1) is 0 Å². The number of rotatable bonds is 5. The number of nitrogens with one attached hydrogen (secondary N) is 1. The molecule has 7 heteroatoms. The highest BCUT2D eigenvalue weighted by molar-refractivity contribution is 5.62. The second kappa shape index (κ2) is 6.13. The van der Waals surface area contributed by atoms with E-state index >= 15 is 0 Å². The fourth-order valence-corrected chi connectivity index (χ4v) is 2.42. The van der Waals surface area contributed by atoms with Crippen molar-refractivity contribution in [2.75, 3.05) is 25.0 Å². The topological polar surface area (TPSA) is 58.4 Å². The molecule has 2 rings (SSSR count). The van der Waals surface area contributed by atoms with Gasteiger partial charge in [-0.25, -0.2) is 8.78 Å². The molecule has 1 aliphatic rings. The summed E-state index contributed by atoms with van der Waals surface area (Å²) >= 11 is 0. The van der Waals surface area contributed by atoms with Crippen LogP contribution in [-0.4, -0.2) is 35.5 Å². The highest BCUT2D eigenvalue weighted by Gasteiger charge is 2.23. The Morgan fingerprint density at radius 1 is 1.40 bits per heavy atom. The number of hydrogen-bond donors (Lipinski definition) is 1. The summed E-state index contributed by atoms with van der Waals surface area (Å²) in [7, 11) is 0. The van der Waals surface area contributed by atoms with E-state index in [1.165, 1.54) is 0 Å². The number of anilines is 1. The Kier molecular flexibility index (Phi) is 4.49. The van der Waals surface area contributed by atoms with Gasteiger partial charge in [-0.05, 0) is 38.9 Å². The van der Waals surface area contributed by atoms with Crippen LogP contribution in [-0.2, 0) is 0 Å². The molecule has 1 aromatic rings. The molecule has 0 aromatic heterocycles. The van der Waals surface area contributed by atoms with Crippen LogP contribution in [0.3, 0.4) is 0 Å². The molecule has 1 heterocycles. The number of benzene rings is 1. The summed E-state index contributed by atoms with van der Waals surface area (Å²) < 4.78 is 26.9. The molecule has 20 heavy (non-hydrogen) atoms. The highest BCUT2D eigenvalue weighted by atomic mass is 19.2. The van der Waals surface area contributed by atoms with E-state index in [0.717, 1.165) is 38.1 Å². The molecular weight excluding hydrogens is 268 g/mol. The van der Waals surface area contributed by atoms with Gasteiger partial charge >= 0.3 is 0 Å². The number of halogens is 2. The number of hydrogen-bond acceptors (Lipinski definition) is 4. The molecule has 5 nitrogen and oxygen atoms in total. The Labute approximate surface area is 115 Å². The Bertz CT molecular complexity index is 505. The van der Waals surface area contributed by atoms with E-state index in [9.17, 15) is 18.9 Å². The smallest absolute Gasteiger partial charge is 0.295 e. The molecule has 1 saturated heterocycles. The molecule has 0 saturated carbocycles. The van der Waals surface area contributed by atoms with E-state index in [4.69, 9.17) is 0 Å². The molecule has 1 aromatic carbocycles. The van der Waals surface area contributed by atoms with Crippen LogP contribution in [0.5, 0.6) is 0 Å². The maximum Gasteiger partial charge on any atom is 0.295 e. The monoisotopic (exact) mass is 285 g/mol. The molecule has 110 valence electrons. The number of nitro benzene ring substituents is 1. The van der Waals surface area contributed by atoms with E-state index in [-0.39, 0.29) is 11.7 Å². The molecule has 1 fully saturated rings. The van der Waals surface area contributed by atoms with Gasteiger partial charge in [0.2, 0.25) is 0 Å². The minimum atomic E-state index is -1.20. The van der Waals surface area contributed by atoms with E-state index in [1.54, 1.807) is 0 Å². The SMILES string of the molecule is CC(CNc1c([N+](=O)[O-])ccc(F)c1F)N1CCCC1. The summed E-state index contributed by atoms with van der Waals surface area (Å²) in [5.41, 5.74) is -0.821. The number of nitro groups is 1. The second-order valence-corrected chi connectivity index (χ2v) is 4.99. The largest absolute Gasteiger partial charge is 0.375 e. The third-order valence-corrected chi connectivity index (χ3v) is 3.61. The Morgan fingerprint density at radius 3 is 2.65 bits per heavy atom. The van der Waals surface area contributed by atoms with Crippen LogP contribution in [0, 0.1) is 21.7 Å². The molecule has 1 N–H and O–H groups in total. The predicted molar refractivity (Wildman–Crippen MR) is 71.8 cm³/mol. The molecule has 1 atom stereocenters. The van der Waals surface area contributed by atoms with Crippen LogP contribution in [0.4, 0.5) is 20.2 Å². The van der Waals surface area contributed by atoms with Crippen molar-refractivity contribution in [1.29, 1.82) is 0 Å². The van der Waals surface area contributed by atoms with Crippen LogP contribution in [0.2, 0.25) is 0 Å². The fraction of sp³-hybridized carbons (Fsp3) is 0.538. The summed E-state index contributed by atoms with van der Waals surface area (Å²) in [6.45, 7) is 4.23. The quantitative estimate of drug-likeness (QED) is 0.667. The van der Waals surface area contributed by atoms with Crippen molar-refractivity contribution in [3.05, 3.63) is 33.9 Å². The molecule has 0 spiro atoms. The molecule has 0 aliphatic carbocycles. The van der Waals surface area contributed by atoms with E-state index < -0.39 is 22.2 Å². The lowest BCUT2D eigenvalue weighted by molar-refractivity contribution is -0.384. The lowest BCUT2D eigenvalue weighted by atomic mass is 10.2. The van der Waals surface area contributed by atoms with Crippen molar-refractivity contribution in [2.24, 2.45) is 0 Å². The van der Waals surface area contributed by atoms with Crippen LogP contribution in [0.15, 0.2) is 12.1 Å². The maximum atomic E-state index is 13.7. The van der Waals surface area contributed by atoms with E-state index in [2.05, 4.69) is 10.2 Å². The van der Waals surface area contributed by atoms with Gasteiger partial charge in [0.15, 0.2) is 17.3 Å². The molecule has 0 bridgehead atoms. The van der Waals surface area contributed by atoms with Gasteiger partial charge in [-0.2, -0.15) is 0 Å². The van der Waals surface area contributed by atoms with Crippen LogP contribution in [0.25, 0.3) is 0 Å². The third kappa shape index (κ3) is 3.04. The van der Waals surface area contributed by atoms with Crippen LogP contribution in [0.1, 0.15) is 19.8 Å². The molecule has 0 radical (unpaired) electrons. The Morgan fingerprint density at radius 2 is 2.05 bits per heavy atom. The first-order valence-corrected chi connectivity index (χ1v) is 6.61. The van der Waals surface area contributed by atoms with Crippen molar-refractivity contribution in [3.8, 4) is 0 Å². The van der Waals surface area contributed by atoms with Gasteiger partial charge in [-0.1, -0.05) is 0 Å². The average molecular weight is 285 g/mol. The lowest BCUT2D eigenvalue weighted by Gasteiger charge is -2.24. The zero-order chi connectivity index (χ0) is 14.7. The first-order valence-electron chi connectivity index (χ1n) is 6.61. The zero-order valence-electron chi connectivity index (χ0n) is 11.2. The second-order valence-electron chi connectivity index (χ2n) is 4.99. The normalized spacial score (nSPS) is 17.1. The van der Waals surface area contributed by atoms with Gasteiger partial charge in [0, 0.05) is 18.7 Å². The number of likely N-dealkylation sites (tertiary alicyclic amines) is 1.